The predicted octanol–water partition coefficient (Wildman–Crippen LogP) is 9.70. The summed E-state index contributed by atoms with van der Waals surface area (Å²) in [5.41, 5.74) is 11.2. The van der Waals surface area contributed by atoms with Gasteiger partial charge in [-0.25, -0.2) is 0 Å². The highest BCUT2D eigenvalue weighted by Gasteiger charge is 2.39. The molecule has 3 saturated heterocycles. The van der Waals surface area contributed by atoms with Crippen LogP contribution in [0.3, 0.4) is 0 Å². The number of methoxy groups -OCH3 is 2. The number of hydrogen-bond donors (Lipinski definition) is 5. The second kappa shape index (κ2) is 29.7. The lowest BCUT2D eigenvalue weighted by Gasteiger charge is -2.31. The van der Waals surface area contributed by atoms with Crippen LogP contribution in [0.15, 0.2) is 86.6 Å². The third-order valence-corrected chi connectivity index (χ3v) is 16.9. The van der Waals surface area contributed by atoms with Gasteiger partial charge >= 0.3 is 0 Å². The van der Waals surface area contributed by atoms with Crippen molar-refractivity contribution in [2.75, 3.05) is 33.9 Å². The van der Waals surface area contributed by atoms with Crippen molar-refractivity contribution in [2.45, 2.75) is 176 Å². The van der Waals surface area contributed by atoms with E-state index in [2.05, 4.69) is 16.0 Å². The summed E-state index contributed by atoms with van der Waals surface area (Å²) in [6, 6.07) is 14.6. The summed E-state index contributed by atoms with van der Waals surface area (Å²) < 4.78 is 27.7. The molecule has 6 amide bonds. The number of ether oxygens (including phenoxy) is 2. The topological polar surface area (TPSA) is 252 Å². The van der Waals surface area contributed by atoms with Crippen LogP contribution in [0, 0.1) is 29.6 Å². The third-order valence-electron chi connectivity index (χ3n) is 16.9. The molecule has 3 aliphatic heterocycles. The van der Waals surface area contributed by atoms with Crippen LogP contribution in [0.5, 0.6) is 17.2 Å². The van der Waals surface area contributed by atoms with Crippen molar-refractivity contribution >= 4 is 68.4 Å². The Labute approximate surface area is 506 Å². The molecule has 6 N–H and O–H groups in total. The molecule has 9 rings (SSSR count). The van der Waals surface area contributed by atoms with E-state index in [1.54, 1.807) is 58.1 Å². The Kier molecular flexibility index (Phi) is 22.8. The SMILES string of the molecule is CC(C)C(=O)N[C@H](C(=O)N1CCC[C@H]1Cc1coc2ccc(O)cc12)C(C)C.COc1ccc2occ(C[C@@H]3CCCN3C(=O)[C@@H](NC(=O)C(C)C)C(C)C)c2c1.COc1ccc2occ(C[C@@H]3CCCN3C(=O)[C@@H](NC(=O)[C@H](C)N)C(C)C)c2c1. The maximum Gasteiger partial charge on any atom is 0.245 e. The number of likely N-dealkylation sites (tertiary alicyclic amines) is 3. The summed E-state index contributed by atoms with van der Waals surface area (Å²) in [4.78, 5) is 82.1. The zero-order chi connectivity index (χ0) is 62.7. The standard InChI is InChI=1S/C23H32N2O4.C22H31N3O4.C22H30N2O4/c1-14(2)21(24-22(26)15(3)4)23(27)25-10-6-7-17(25)11-16-13-29-20-9-8-18(28-5)12-19(16)20;1-13(2)20(24-21(26)14(3)23)22(27)25-9-5-6-16(25)10-15-12-29-19-8-7-17(28-4)11-18(15)19;1-13(2)20(23-21(26)14(3)4)22(27)24-9-5-6-16(24)10-15-12-28-19-8-7-17(25)11-18(15)19/h8-9,12-15,17,21H,6-7,10-11H2,1-5H3,(H,24,26);7-8,11-14,16,20H,5-6,9-10,23H2,1-4H3,(H,24,26);7-8,11-14,16,20,25H,5-6,9-10H2,1-4H3,(H,23,26)/t17-,21-;14-,16-,20-;16-,20-/m000/s1. The van der Waals surface area contributed by atoms with Crippen LogP contribution in [0.2, 0.25) is 0 Å². The van der Waals surface area contributed by atoms with Crippen LogP contribution in [0.1, 0.15) is 131 Å². The van der Waals surface area contributed by atoms with Gasteiger partial charge in [-0.2, -0.15) is 0 Å². The highest BCUT2D eigenvalue weighted by Crippen LogP contribution is 2.34. The summed E-state index contributed by atoms with van der Waals surface area (Å²) in [7, 11) is 3.29. The lowest BCUT2D eigenvalue weighted by atomic mass is 9.99. The van der Waals surface area contributed by atoms with Crippen molar-refractivity contribution < 1.29 is 56.6 Å². The Bertz CT molecular complexity index is 3140. The average molecular weight is 1190 g/mol. The molecule has 0 saturated carbocycles. The van der Waals surface area contributed by atoms with Gasteiger partial charge in [0.2, 0.25) is 35.4 Å². The minimum atomic E-state index is -0.647. The lowest BCUT2D eigenvalue weighted by Crippen LogP contribution is -2.55. The Morgan fingerprint density at radius 2 is 0.814 bits per heavy atom. The first-order chi connectivity index (χ1) is 40.9. The molecule has 19 nitrogen and oxygen atoms in total. The number of nitrogens with one attached hydrogen (secondary N) is 3. The van der Waals surface area contributed by atoms with Gasteiger partial charge in [-0.3, -0.25) is 28.8 Å². The fourth-order valence-corrected chi connectivity index (χ4v) is 11.7. The number of nitrogens with zero attached hydrogens (tertiary/aromatic N) is 3. The van der Waals surface area contributed by atoms with Gasteiger partial charge < -0.3 is 64.2 Å². The number of amides is 6. The number of fused-ring (bicyclic) bond motifs is 3. The fourth-order valence-electron chi connectivity index (χ4n) is 11.7. The first-order valence-electron chi connectivity index (χ1n) is 30.8. The van der Waals surface area contributed by atoms with E-state index in [1.807, 2.05) is 120 Å². The van der Waals surface area contributed by atoms with Gasteiger partial charge in [0.05, 0.1) is 39.1 Å². The van der Waals surface area contributed by atoms with E-state index in [1.165, 1.54) is 0 Å². The maximum atomic E-state index is 13.3. The number of phenols is 1. The van der Waals surface area contributed by atoms with E-state index in [9.17, 15) is 33.9 Å². The molecule has 0 spiro atoms. The summed E-state index contributed by atoms with van der Waals surface area (Å²) in [6.07, 6.45) is 13.0. The van der Waals surface area contributed by atoms with E-state index < -0.39 is 24.2 Å². The van der Waals surface area contributed by atoms with Crippen molar-refractivity contribution in [2.24, 2.45) is 35.3 Å². The summed E-state index contributed by atoms with van der Waals surface area (Å²) in [5.74, 6) is 0.962. The van der Waals surface area contributed by atoms with Crippen molar-refractivity contribution in [1.82, 2.24) is 30.7 Å². The Morgan fingerprint density at radius 3 is 1.12 bits per heavy atom. The number of furan rings is 3. The molecule has 3 aliphatic rings. The lowest BCUT2D eigenvalue weighted by molar-refractivity contribution is -0.139. The molecule has 0 unspecified atom stereocenters. The zero-order valence-electron chi connectivity index (χ0n) is 52.7. The number of benzene rings is 3. The largest absolute Gasteiger partial charge is 0.508 e. The molecular weight excluding hydrogens is 1090 g/mol. The van der Waals surface area contributed by atoms with Crippen LogP contribution in [0.25, 0.3) is 32.9 Å². The zero-order valence-corrected chi connectivity index (χ0v) is 52.7. The molecule has 0 radical (unpaired) electrons. The molecular formula is C67H93N7O12. The summed E-state index contributed by atoms with van der Waals surface area (Å²) in [6.45, 7) is 22.8. The quantitative estimate of drug-likeness (QED) is 0.0478. The smallest absolute Gasteiger partial charge is 0.245 e. The number of rotatable bonds is 20. The van der Waals surface area contributed by atoms with Crippen molar-refractivity contribution in [3.05, 3.63) is 90.1 Å². The van der Waals surface area contributed by atoms with Gasteiger partial charge in [0, 0.05) is 82.4 Å². The number of phenolic OH excluding ortho intramolecular Hbond substituents is 1. The summed E-state index contributed by atoms with van der Waals surface area (Å²) >= 11 is 0. The van der Waals surface area contributed by atoms with Crippen LogP contribution in [0.4, 0.5) is 0 Å². The van der Waals surface area contributed by atoms with Gasteiger partial charge in [0.15, 0.2) is 0 Å². The molecule has 468 valence electrons. The molecule has 19 heteroatoms. The van der Waals surface area contributed by atoms with E-state index in [4.69, 9.17) is 28.5 Å². The predicted molar refractivity (Wildman–Crippen MR) is 332 cm³/mol. The van der Waals surface area contributed by atoms with Crippen molar-refractivity contribution in [3.63, 3.8) is 0 Å². The monoisotopic (exact) mass is 1190 g/mol. The fraction of sp³-hybridized carbons (Fsp3) is 0.552. The Hall–Kier alpha value is -7.54. The molecule has 7 atom stereocenters. The minimum Gasteiger partial charge on any atom is -0.508 e. The van der Waals surface area contributed by atoms with Crippen LogP contribution >= 0.6 is 0 Å². The van der Waals surface area contributed by atoms with E-state index in [0.29, 0.717) is 25.9 Å². The second-order valence-corrected chi connectivity index (χ2v) is 25.1. The van der Waals surface area contributed by atoms with Crippen LogP contribution < -0.4 is 31.2 Å². The minimum absolute atomic E-state index is 0.0119. The molecule has 3 fully saturated rings. The van der Waals surface area contributed by atoms with Gasteiger partial charge in [0.1, 0.15) is 52.1 Å². The number of aromatic hydroxyl groups is 1. The Balaban J connectivity index is 0.000000185. The van der Waals surface area contributed by atoms with Gasteiger partial charge in [-0.15, -0.1) is 0 Å². The number of nitrogens with two attached hydrogens (primary N) is 1. The molecule has 0 bridgehead atoms. The van der Waals surface area contributed by atoms with Gasteiger partial charge in [-0.1, -0.05) is 69.2 Å². The van der Waals surface area contributed by atoms with E-state index >= 15 is 0 Å². The van der Waals surface area contributed by atoms with Crippen molar-refractivity contribution in [3.8, 4) is 17.2 Å². The molecule has 3 aromatic heterocycles. The van der Waals surface area contributed by atoms with E-state index in [0.717, 1.165) is 113 Å². The summed E-state index contributed by atoms with van der Waals surface area (Å²) in [5, 5.41) is 21.4. The van der Waals surface area contributed by atoms with Crippen LogP contribution in [-0.2, 0) is 48.0 Å². The number of carbonyl (C=O) groups is 6. The molecule has 6 heterocycles. The number of hydrogen-bond acceptors (Lipinski definition) is 13. The van der Waals surface area contributed by atoms with Gasteiger partial charge in [-0.05, 0) is 137 Å². The van der Waals surface area contributed by atoms with Gasteiger partial charge in [0.25, 0.3) is 0 Å². The Morgan fingerprint density at radius 1 is 0.500 bits per heavy atom. The molecule has 86 heavy (non-hydrogen) atoms. The second-order valence-electron chi connectivity index (χ2n) is 25.1. The molecule has 6 aromatic rings. The first-order valence-corrected chi connectivity index (χ1v) is 30.8. The number of carbonyl (C=O) groups excluding carboxylic acids is 6. The first kappa shape index (κ1) is 66.0. The average Bonchev–Trinajstić information content (AvgIpc) is 3.56. The van der Waals surface area contributed by atoms with Crippen molar-refractivity contribution in [1.29, 1.82) is 0 Å². The molecule has 0 aliphatic carbocycles. The third kappa shape index (κ3) is 16.1. The van der Waals surface area contributed by atoms with Crippen LogP contribution in [-0.4, -0.2) is 131 Å². The van der Waals surface area contributed by atoms with E-state index in [-0.39, 0.29) is 88.9 Å². The normalized spacial score (nSPS) is 18.3. The molecule has 3 aromatic carbocycles. The maximum absolute atomic E-state index is 13.3. The highest BCUT2D eigenvalue weighted by atomic mass is 16.5. The highest BCUT2D eigenvalue weighted by molar-refractivity contribution is 5.92.